The summed E-state index contributed by atoms with van der Waals surface area (Å²) in [5.74, 6) is -1.05. The maximum atomic E-state index is 11.9. The van der Waals surface area contributed by atoms with Gasteiger partial charge >= 0.3 is 12.0 Å². The van der Waals surface area contributed by atoms with E-state index in [0.717, 1.165) is 25.7 Å². The van der Waals surface area contributed by atoms with Gasteiger partial charge in [0.15, 0.2) is 0 Å². The van der Waals surface area contributed by atoms with Crippen molar-refractivity contribution < 1.29 is 14.7 Å². The number of carboxylic acids is 1. The van der Waals surface area contributed by atoms with Crippen molar-refractivity contribution in [3.63, 3.8) is 0 Å². The molecule has 0 aliphatic heterocycles. The topological polar surface area (TPSA) is 78.4 Å². The second kappa shape index (κ2) is 7.50. The van der Waals surface area contributed by atoms with Crippen LogP contribution in [-0.2, 0) is 4.79 Å². The summed E-state index contributed by atoms with van der Waals surface area (Å²) in [7, 11) is 0. The second-order valence-corrected chi connectivity index (χ2v) is 6.09. The van der Waals surface area contributed by atoms with E-state index in [9.17, 15) is 9.59 Å². The first-order chi connectivity index (χ1) is 9.44. The number of hydrogen-bond donors (Lipinski definition) is 3. The lowest BCUT2D eigenvalue weighted by molar-refractivity contribution is -0.140. The summed E-state index contributed by atoms with van der Waals surface area (Å²) in [6.45, 7) is 6.56. The van der Waals surface area contributed by atoms with Crippen molar-refractivity contribution in [2.75, 3.05) is 6.54 Å². The number of aliphatic carboxylic acids is 1. The minimum Gasteiger partial charge on any atom is -0.480 e. The Morgan fingerprint density at radius 2 is 1.85 bits per heavy atom. The Balaban J connectivity index is 2.47. The zero-order chi connectivity index (χ0) is 15.2. The molecule has 0 saturated heterocycles. The largest absolute Gasteiger partial charge is 0.480 e. The molecule has 0 bridgehead atoms. The van der Waals surface area contributed by atoms with Gasteiger partial charge in [0.05, 0.1) is 0 Å². The van der Waals surface area contributed by atoms with Crippen LogP contribution in [0.5, 0.6) is 0 Å². The fraction of sp³-hybridized carbons (Fsp3) is 0.867. The highest BCUT2D eigenvalue weighted by atomic mass is 16.4. The molecule has 0 spiro atoms. The molecule has 0 heterocycles. The van der Waals surface area contributed by atoms with Crippen LogP contribution in [0.3, 0.4) is 0 Å². The van der Waals surface area contributed by atoms with Crippen molar-refractivity contribution in [2.24, 2.45) is 11.3 Å². The van der Waals surface area contributed by atoms with Gasteiger partial charge in [0.2, 0.25) is 0 Å². The first-order valence-electron chi connectivity index (χ1n) is 7.71. The standard InChI is InChI=1S/C15H28N2O3/c1-4-11(3)12(13(18)19)17-14(20)16-10-15(5-2)8-6-7-9-15/h11-12H,4-10H2,1-3H3,(H,18,19)(H2,16,17,20). The van der Waals surface area contributed by atoms with Crippen LogP contribution in [0, 0.1) is 11.3 Å². The summed E-state index contributed by atoms with van der Waals surface area (Å²) in [5, 5.41) is 14.6. The highest BCUT2D eigenvalue weighted by Gasteiger charge is 2.33. The third-order valence-electron chi connectivity index (χ3n) is 4.80. The van der Waals surface area contributed by atoms with E-state index in [2.05, 4.69) is 17.6 Å². The lowest BCUT2D eigenvalue weighted by Crippen LogP contribution is -2.50. The van der Waals surface area contributed by atoms with E-state index in [1.54, 1.807) is 0 Å². The van der Waals surface area contributed by atoms with E-state index >= 15 is 0 Å². The molecular formula is C15H28N2O3. The Kier molecular flexibility index (Phi) is 6.30. The lowest BCUT2D eigenvalue weighted by atomic mass is 9.83. The van der Waals surface area contributed by atoms with Crippen molar-refractivity contribution in [2.45, 2.75) is 65.3 Å². The fourth-order valence-corrected chi connectivity index (χ4v) is 2.92. The number of amides is 2. The molecule has 0 aromatic carbocycles. The van der Waals surface area contributed by atoms with Gasteiger partial charge in [-0.15, -0.1) is 0 Å². The molecule has 5 heteroatoms. The first kappa shape index (κ1) is 16.8. The Morgan fingerprint density at radius 1 is 1.25 bits per heavy atom. The molecule has 0 aromatic rings. The molecule has 3 N–H and O–H groups in total. The number of nitrogens with one attached hydrogen (secondary N) is 2. The quantitative estimate of drug-likeness (QED) is 0.672. The maximum absolute atomic E-state index is 11.9. The van der Waals surface area contributed by atoms with Gasteiger partial charge in [-0.3, -0.25) is 0 Å². The maximum Gasteiger partial charge on any atom is 0.326 e. The van der Waals surface area contributed by atoms with Gasteiger partial charge in [-0.2, -0.15) is 0 Å². The predicted octanol–water partition coefficient (Wildman–Crippen LogP) is 2.76. The molecule has 2 atom stereocenters. The average molecular weight is 284 g/mol. The van der Waals surface area contributed by atoms with E-state index in [1.165, 1.54) is 12.8 Å². The van der Waals surface area contributed by atoms with E-state index in [-0.39, 0.29) is 17.4 Å². The van der Waals surface area contributed by atoms with Crippen LogP contribution in [0.2, 0.25) is 0 Å². The molecule has 5 nitrogen and oxygen atoms in total. The molecule has 0 radical (unpaired) electrons. The van der Waals surface area contributed by atoms with Gasteiger partial charge in [-0.1, -0.05) is 40.0 Å². The Labute approximate surface area is 121 Å². The lowest BCUT2D eigenvalue weighted by Gasteiger charge is -2.28. The molecule has 116 valence electrons. The van der Waals surface area contributed by atoms with Gasteiger partial charge < -0.3 is 15.7 Å². The third-order valence-corrected chi connectivity index (χ3v) is 4.80. The van der Waals surface area contributed by atoms with Crippen molar-refractivity contribution in [3.05, 3.63) is 0 Å². The number of carbonyl (C=O) groups is 2. The van der Waals surface area contributed by atoms with Crippen molar-refractivity contribution in [1.29, 1.82) is 0 Å². The normalized spacial score (nSPS) is 20.1. The monoisotopic (exact) mass is 284 g/mol. The van der Waals surface area contributed by atoms with Gasteiger partial charge in [-0.05, 0) is 30.6 Å². The minimum absolute atomic E-state index is 0.0788. The summed E-state index contributed by atoms with van der Waals surface area (Å²) in [6.07, 6.45) is 6.52. The summed E-state index contributed by atoms with van der Waals surface area (Å²) >= 11 is 0. The van der Waals surface area contributed by atoms with Crippen molar-refractivity contribution in [1.82, 2.24) is 10.6 Å². The van der Waals surface area contributed by atoms with Crippen molar-refractivity contribution in [3.8, 4) is 0 Å². The van der Waals surface area contributed by atoms with Gasteiger partial charge in [0.25, 0.3) is 0 Å². The molecule has 1 rings (SSSR count). The predicted molar refractivity (Wildman–Crippen MR) is 78.6 cm³/mol. The van der Waals surface area contributed by atoms with Gasteiger partial charge in [-0.25, -0.2) is 9.59 Å². The zero-order valence-electron chi connectivity index (χ0n) is 12.9. The van der Waals surface area contributed by atoms with Gasteiger partial charge in [0.1, 0.15) is 6.04 Å². The van der Waals surface area contributed by atoms with Gasteiger partial charge in [0, 0.05) is 6.54 Å². The molecule has 2 unspecified atom stereocenters. The molecule has 20 heavy (non-hydrogen) atoms. The Hall–Kier alpha value is -1.26. The molecule has 1 aliphatic rings. The van der Waals surface area contributed by atoms with E-state index < -0.39 is 12.0 Å². The fourth-order valence-electron chi connectivity index (χ4n) is 2.92. The highest BCUT2D eigenvalue weighted by Crippen LogP contribution is 2.40. The average Bonchev–Trinajstić information content (AvgIpc) is 2.91. The van der Waals surface area contributed by atoms with E-state index in [0.29, 0.717) is 6.54 Å². The number of hydrogen-bond acceptors (Lipinski definition) is 2. The van der Waals surface area contributed by atoms with E-state index in [1.807, 2.05) is 13.8 Å². The highest BCUT2D eigenvalue weighted by molar-refractivity contribution is 5.82. The number of rotatable bonds is 7. The molecule has 2 amide bonds. The third kappa shape index (κ3) is 4.39. The molecule has 1 fully saturated rings. The second-order valence-electron chi connectivity index (χ2n) is 6.09. The van der Waals surface area contributed by atoms with Crippen molar-refractivity contribution >= 4 is 12.0 Å². The van der Waals surface area contributed by atoms with Crippen LogP contribution in [-0.4, -0.2) is 29.7 Å². The summed E-state index contributed by atoms with van der Waals surface area (Å²) in [6, 6.07) is -1.18. The van der Waals surface area contributed by atoms with Crippen LogP contribution in [0.25, 0.3) is 0 Å². The van der Waals surface area contributed by atoms with Crippen LogP contribution < -0.4 is 10.6 Å². The van der Waals surface area contributed by atoms with Crippen LogP contribution in [0.15, 0.2) is 0 Å². The van der Waals surface area contributed by atoms with Crippen LogP contribution in [0.1, 0.15) is 59.3 Å². The zero-order valence-corrected chi connectivity index (χ0v) is 12.9. The number of carbonyl (C=O) groups excluding carboxylic acids is 1. The molecule has 1 saturated carbocycles. The number of urea groups is 1. The number of carboxylic acid groups (broad SMARTS) is 1. The Bertz CT molecular complexity index is 338. The SMILES string of the molecule is CCC(C)C(NC(=O)NCC1(CC)CCCC1)C(=O)O. The van der Waals surface area contributed by atoms with Crippen LogP contribution in [0.4, 0.5) is 4.79 Å². The first-order valence-corrected chi connectivity index (χ1v) is 7.71. The molecule has 1 aliphatic carbocycles. The molecule has 0 aromatic heterocycles. The summed E-state index contributed by atoms with van der Waals surface area (Å²) in [4.78, 5) is 23.1. The Morgan fingerprint density at radius 3 is 2.30 bits per heavy atom. The minimum atomic E-state index is -0.972. The van der Waals surface area contributed by atoms with Crippen LogP contribution >= 0.6 is 0 Å². The molecular weight excluding hydrogens is 256 g/mol. The smallest absolute Gasteiger partial charge is 0.326 e. The summed E-state index contributed by atoms with van der Waals surface area (Å²) < 4.78 is 0. The summed E-state index contributed by atoms with van der Waals surface area (Å²) in [5.41, 5.74) is 0.215. The van der Waals surface area contributed by atoms with E-state index in [4.69, 9.17) is 5.11 Å².